The quantitative estimate of drug-likeness (QED) is 0.708. The van der Waals surface area contributed by atoms with Crippen molar-refractivity contribution >= 4 is 38.2 Å². The van der Waals surface area contributed by atoms with Gasteiger partial charge in [-0.1, -0.05) is 18.2 Å². The van der Waals surface area contributed by atoms with Crippen molar-refractivity contribution in [2.75, 3.05) is 0 Å². The summed E-state index contributed by atoms with van der Waals surface area (Å²) >= 11 is 1.12. The van der Waals surface area contributed by atoms with Gasteiger partial charge in [-0.3, -0.25) is 10.2 Å². The van der Waals surface area contributed by atoms with E-state index in [4.69, 9.17) is 4.42 Å². The highest BCUT2D eigenvalue weighted by molar-refractivity contribution is 7.91. The normalized spacial score (nSPS) is 11.7. The molecule has 0 bridgehead atoms. The lowest BCUT2D eigenvalue weighted by Gasteiger charge is -2.05. The maximum absolute atomic E-state index is 12.2. The number of sulfonamides is 1. The first-order chi connectivity index (χ1) is 10.9. The first-order valence-corrected chi connectivity index (χ1v) is 9.05. The summed E-state index contributed by atoms with van der Waals surface area (Å²) in [6.45, 7) is 3.55. The number of carbonyl (C=O) groups is 1. The van der Waals surface area contributed by atoms with Crippen LogP contribution in [0.1, 0.15) is 21.0 Å². The summed E-state index contributed by atoms with van der Waals surface area (Å²) in [5, 5.41) is 0.814. The summed E-state index contributed by atoms with van der Waals surface area (Å²) in [4.78, 5) is 15.1. The van der Waals surface area contributed by atoms with Crippen molar-refractivity contribution in [1.82, 2.24) is 10.3 Å². The number of hydrogen-bond donors (Lipinski definition) is 2. The minimum absolute atomic E-state index is 0.0799. The topological polar surface area (TPSA) is 88.4 Å². The second-order valence-corrected chi connectivity index (χ2v) is 8.17. The molecule has 0 aliphatic heterocycles. The van der Waals surface area contributed by atoms with E-state index in [-0.39, 0.29) is 9.97 Å². The number of carbonyl (C=O) groups excluding carboxylic acids is 1. The summed E-state index contributed by atoms with van der Waals surface area (Å²) in [5.41, 5.74) is 3.42. The van der Waals surface area contributed by atoms with Crippen molar-refractivity contribution in [3.8, 4) is 0 Å². The molecule has 1 amide bonds. The van der Waals surface area contributed by atoms with Crippen molar-refractivity contribution in [1.29, 1.82) is 0 Å². The molecular weight excluding hydrogens is 336 g/mol. The predicted octanol–water partition coefficient (Wildman–Crippen LogP) is 2.73. The lowest BCUT2D eigenvalue weighted by molar-refractivity contribution is 0.0918. The van der Waals surface area contributed by atoms with E-state index in [1.54, 1.807) is 32.0 Å². The van der Waals surface area contributed by atoms with E-state index in [0.717, 1.165) is 21.6 Å². The first-order valence-electron chi connectivity index (χ1n) is 6.75. The number of rotatable bonds is 4. The zero-order valence-corrected chi connectivity index (χ0v) is 14.0. The smallest absolute Gasteiger partial charge is 0.302 e. The minimum atomic E-state index is -3.79. The Morgan fingerprint density at radius 3 is 2.52 bits per heavy atom. The molecule has 23 heavy (non-hydrogen) atoms. The van der Waals surface area contributed by atoms with Crippen molar-refractivity contribution < 1.29 is 17.6 Å². The van der Waals surface area contributed by atoms with Crippen LogP contribution in [0.5, 0.6) is 0 Å². The molecular formula is C15H14N2O4S2. The Bertz CT molecular complexity index is 986. The van der Waals surface area contributed by atoms with Crippen LogP contribution < -0.4 is 10.3 Å². The van der Waals surface area contributed by atoms with E-state index < -0.39 is 15.9 Å². The van der Waals surface area contributed by atoms with Gasteiger partial charge in [0.05, 0.1) is 0 Å². The van der Waals surface area contributed by atoms with Crippen LogP contribution in [0.3, 0.4) is 0 Å². The maximum Gasteiger partial charge on any atom is 0.302 e. The number of hydrogen-bond acceptors (Lipinski definition) is 5. The molecule has 2 aromatic heterocycles. The standard InChI is InChI=1S/C15H14N2O4S2/c1-9-7-8-13(22-9)23(19,20)17-16-15(18)14-10(2)11-5-3-4-6-12(11)21-14/h3-8,17H,1-2H3,(H,16,18). The fourth-order valence-corrected chi connectivity index (χ4v) is 4.29. The Morgan fingerprint density at radius 2 is 1.87 bits per heavy atom. The zero-order chi connectivity index (χ0) is 16.6. The fraction of sp³-hybridized carbons (Fsp3) is 0.133. The van der Waals surface area contributed by atoms with Crippen LogP contribution in [0.25, 0.3) is 11.0 Å². The summed E-state index contributed by atoms with van der Waals surface area (Å²) in [7, 11) is -3.79. The van der Waals surface area contributed by atoms with Gasteiger partial charge >= 0.3 is 5.91 Å². The van der Waals surface area contributed by atoms with E-state index in [9.17, 15) is 13.2 Å². The number of amides is 1. The molecule has 8 heteroatoms. The molecule has 0 saturated heterocycles. The third-order valence-corrected chi connectivity index (χ3v) is 6.07. The molecule has 0 spiro atoms. The number of hydrazine groups is 1. The van der Waals surface area contributed by atoms with Crippen LogP contribution in [0.4, 0.5) is 0 Å². The SMILES string of the molecule is Cc1ccc(S(=O)(=O)NNC(=O)c2oc3ccccc3c2C)s1. The van der Waals surface area contributed by atoms with Crippen molar-refractivity contribution in [3.05, 3.63) is 52.6 Å². The molecule has 3 aromatic rings. The maximum atomic E-state index is 12.2. The fourth-order valence-electron chi connectivity index (χ4n) is 2.17. The summed E-state index contributed by atoms with van der Waals surface area (Å²) in [6.07, 6.45) is 0. The van der Waals surface area contributed by atoms with Gasteiger partial charge < -0.3 is 4.42 Å². The van der Waals surface area contributed by atoms with E-state index in [0.29, 0.717) is 11.1 Å². The van der Waals surface area contributed by atoms with Crippen LogP contribution in [0, 0.1) is 13.8 Å². The predicted molar refractivity (Wildman–Crippen MR) is 87.8 cm³/mol. The van der Waals surface area contributed by atoms with Crippen LogP contribution in [-0.4, -0.2) is 14.3 Å². The molecule has 0 radical (unpaired) electrons. The van der Waals surface area contributed by atoms with Gasteiger partial charge in [-0.15, -0.1) is 16.2 Å². The number of nitrogens with one attached hydrogen (secondary N) is 2. The van der Waals surface area contributed by atoms with Crippen molar-refractivity contribution in [3.63, 3.8) is 0 Å². The number of fused-ring (bicyclic) bond motifs is 1. The van der Waals surface area contributed by atoms with Crippen molar-refractivity contribution in [2.24, 2.45) is 0 Å². The summed E-state index contributed by atoms with van der Waals surface area (Å²) < 4.78 is 29.8. The van der Waals surface area contributed by atoms with Crippen LogP contribution in [-0.2, 0) is 10.0 Å². The molecule has 1 aromatic carbocycles. The molecule has 2 N–H and O–H groups in total. The Hall–Kier alpha value is -2.16. The molecule has 0 aliphatic rings. The Labute approximate surface area is 137 Å². The molecule has 120 valence electrons. The molecule has 0 aliphatic carbocycles. The lowest BCUT2D eigenvalue weighted by atomic mass is 10.1. The third kappa shape index (κ3) is 3.00. The van der Waals surface area contributed by atoms with Gasteiger partial charge in [-0.05, 0) is 32.0 Å². The minimum Gasteiger partial charge on any atom is -0.451 e. The molecule has 0 saturated carbocycles. The van der Waals surface area contributed by atoms with Crippen LogP contribution in [0.15, 0.2) is 45.0 Å². The molecule has 0 fully saturated rings. The summed E-state index contributed by atoms with van der Waals surface area (Å²) in [5.74, 6) is -0.563. The molecule has 2 heterocycles. The first kappa shape index (κ1) is 15.7. The number of furan rings is 1. The number of aryl methyl sites for hydroxylation is 2. The van der Waals surface area contributed by atoms with Gasteiger partial charge in [-0.25, -0.2) is 8.42 Å². The van der Waals surface area contributed by atoms with Gasteiger partial charge in [0.25, 0.3) is 10.0 Å². The van der Waals surface area contributed by atoms with E-state index in [2.05, 4.69) is 10.3 Å². The Kier molecular flexibility index (Phi) is 3.97. The van der Waals surface area contributed by atoms with Gasteiger partial charge in [-0.2, -0.15) is 0 Å². The van der Waals surface area contributed by atoms with Gasteiger partial charge in [0.1, 0.15) is 9.79 Å². The largest absolute Gasteiger partial charge is 0.451 e. The third-order valence-electron chi connectivity index (χ3n) is 3.33. The lowest BCUT2D eigenvalue weighted by Crippen LogP contribution is -2.41. The van der Waals surface area contributed by atoms with E-state index in [1.165, 1.54) is 6.07 Å². The zero-order valence-electron chi connectivity index (χ0n) is 12.4. The molecule has 0 unspecified atom stereocenters. The Balaban J connectivity index is 1.80. The molecule has 3 rings (SSSR count). The van der Waals surface area contributed by atoms with Gasteiger partial charge in [0.2, 0.25) is 0 Å². The molecule has 0 atom stereocenters. The number of thiophene rings is 1. The average Bonchev–Trinajstić information content (AvgIpc) is 3.10. The number of para-hydroxylation sites is 1. The van der Waals surface area contributed by atoms with Crippen LogP contribution in [0.2, 0.25) is 0 Å². The van der Waals surface area contributed by atoms with Crippen LogP contribution >= 0.6 is 11.3 Å². The highest BCUT2D eigenvalue weighted by atomic mass is 32.2. The number of benzene rings is 1. The van der Waals surface area contributed by atoms with Gasteiger partial charge in [0, 0.05) is 15.8 Å². The van der Waals surface area contributed by atoms with Gasteiger partial charge in [0.15, 0.2) is 5.76 Å². The van der Waals surface area contributed by atoms with E-state index in [1.807, 2.05) is 12.1 Å². The Morgan fingerprint density at radius 1 is 1.13 bits per heavy atom. The second kappa shape index (κ2) is 5.80. The summed E-state index contributed by atoms with van der Waals surface area (Å²) in [6, 6.07) is 10.4. The second-order valence-electron chi connectivity index (χ2n) is 4.98. The molecule has 6 nitrogen and oxygen atoms in total. The highest BCUT2D eigenvalue weighted by Crippen LogP contribution is 2.25. The van der Waals surface area contributed by atoms with E-state index >= 15 is 0 Å². The monoisotopic (exact) mass is 350 g/mol. The van der Waals surface area contributed by atoms with Crippen molar-refractivity contribution in [2.45, 2.75) is 18.1 Å². The average molecular weight is 350 g/mol. The highest BCUT2D eigenvalue weighted by Gasteiger charge is 2.21.